The summed E-state index contributed by atoms with van der Waals surface area (Å²) in [7, 11) is 1.63. The van der Waals surface area contributed by atoms with Crippen LogP contribution in [0, 0.1) is 6.92 Å². The predicted octanol–water partition coefficient (Wildman–Crippen LogP) is 4.92. The van der Waals surface area contributed by atoms with Crippen molar-refractivity contribution in [1.29, 1.82) is 0 Å². The van der Waals surface area contributed by atoms with Crippen LogP contribution in [0.4, 0.5) is 0 Å². The van der Waals surface area contributed by atoms with Gasteiger partial charge in [-0.15, -0.1) is 10.2 Å². The van der Waals surface area contributed by atoms with Crippen molar-refractivity contribution in [2.24, 2.45) is 0 Å². The van der Waals surface area contributed by atoms with Gasteiger partial charge in [-0.25, -0.2) is 4.98 Å². The first-order chi connectivity index (χ1) is 12.2. The Hall–Kier alpha value is -2.92. The quantitative estimate of drug-likeness (QED) is 0.524. The van der Waals surface area contributed by atoms with Gasteiger partial charge in [0.25, 0.3) is 0 Å². The monoisotopic (exact) mass is 351 g/mol. The first-order valence-electron chi connectivity index (χ1n) is 7.70. The molecule has 0 amide bonds. The number of rotatable bonds is 3. The van der Waals surface area contributed by atoms with Gasteiger partial charge in [0.05, 0.1) is 18.4 Å². The van der Waals surface area contributed by atoms with E-state index in [0.29, 0.717) is 16.8 Å². The number of aromatic nitrogens is 3. The highest BCUT2D eigenvalue weighted by atomic mass is 35.5. The molecule has 0 radical (unpaired) electrons. The zero-order chi connectivity index (χ0) is 17.4. The molecule has 0 atom stereocenters. The third-order valence-corrected chi connectivity index (χ3v) is 4.18. The Bertz CT molecular complexity index is 1080. The van der Waals surface area contributed by atoms with Crippen molar-refractivity contribution in [3.63, 3.8) is 0 Å². The summed E-state index contributed by atoms with van der Waals surface area (Å²) < 4.78 is 11.2. The molecule has 6 heteroatoms. The van der Waals surface area contributed by atoms with Crippen LogP contribution >= 0.6 is 11.6 Å². The Morgan fingerprint density at radius 1 is 1.00 bits per heavy atom. The van der Waals surface area contributed by atoms with E-state index in [1.807, 2.05) is 43.3 Å². The van der Waals surface area contributed by atoms with E-state index in [-0.39, 0.29) is 0 Å². The number of pyridine rings is 1. The van der Waals surface area contributed by atoms with E-state index in [1.165, 1.54) is 0 Å². The number of halogens is 1. The van der Waals surface area contributed by atoms with Crippen LogP contribution in [0.1, 0.15) is 5.69 Å². The second-order valence-corrected chi connectivity index (χ2v) is 6.01. The van der Waals surface area contributed by atoms with E-state index in [2.05, 4.69) is 15.2 Å². The van der Waals surface area contributed by atoms with Crippen LogP contribution in [0.3, 0.4) is 0 Å². The molecular weight excluding hydrogens is 338 g/mol. The van der Waals surface area contributed by atoms with Gasteiger partial charge < -0.3 is 9.15 Å². The van der Waals surface area contributed by atoms with Gasteiger partial charge in [-0.3, -0.25) is 0 Å². The van der Waals surface area contributed by atoms with Crippen molar-refractivity contribution in [3.8, 4) is 28.7 Å². The Balaban J connectivity index is 1.81. The van der Waals surface area contributed by atoms with Crippen LogP contribution in [-0.2, 0) is 0 Å². The van der Waals surface area contributed by atoms with Gasteiger partial charge in [0, 0.05) is 16.0 Å². The molecule has 0 saturated carbocycles. The van der Waals surface area contributed by atoms with Crippen LogP contribution in [-0.4, -0.2) is 22.3 Å². The van der Waals surface area contributed by atoms with E-state index in [4.69, 9.17) is 20.8 Å². The van der Waals surface area contributed by atoms with Crippen LogP contribution in [0.15, 0.2) is 52.9 Å². The number of ether oxygens (including phenoxy) is 1. The molecule has 124 valence electrons. The largest absolute Gasteiger partial charge is 0.494 e. The summed E-state index contributed by atoms with van der Waals surface area (Å²) in [6, 6.07) is 15.1. The molecule has 5 nitrogen and oxygen atoms in total. The van der Waals surface area contributed by atoms with Gasteiger partial charge in [-0.2, -0.15) is 0 Å². The maximum absolute atomic E-state index is 6.03. The van der Waals surface area contributed by atoms with Gasteiger partial charge in [-0.1, -0.05) is 29.8 Å². The average molecular weight is 352 g/mol. The summed E-state index contributed by atoms with van der Waals surface area (Å²) >= 11 is 6.03. The normalized spacial score (nSPS) is 11.0. The van der Waals surface area contributed by atoms with Gasteiger partial charge in [0.15, 0.2) is 0 Å². The summed E-state index contributed by atoms with van der Waals surface area (Å²) in [6.45, 7) is 1.91. The molecule has 0 unspecified atom stereocenters. The second-order valence-electron chi connectivity index (χ2n) is 5.58. The summed E-state index contributed by atoms with van der Waals surface area (Å²) in [6.07, 6.45) is 0. The van der Waals surface area contributed by atoms with Crippen molar-refractivity contribution < 1.29 is 9.15 Å². The van der Waals surface area contributed by atoms with Gasteiger partial charge in [0.2, 0.25) is 11.8 Å². The molecule has 0 bridgehead atoms. The summed E-state index contributed by atoms with van der Waals surface area (Å²) in [5.41, 5.74) is 3.17. The topological polar surface area (TPSA) is 61.0 Å². The van der Waals surface area contributed by atoms with Crippen LogP contribution in [0.2, 0.25) is 5.02 Å². The van der Waals surface area contributed by atoms with Crippen LogP contribution in [0.5, 0.6) is 5.75 Å². The van der Waals surface area contributed by atoms with E-state index >= 15 is 0 Å². The van der Waals surface area contributed by atoms with Gasteiger partial charge in [-0.05, 0) is 37.3 Å². The van der Waals surface area contributed by atoms with Crippen LogP contribution in [0.25, 0.3) is 33.8 Å². The first-order valence-corrected chi connectivity index (χ1v) is 8.07. The minimum absolute atomic E-state index is 0.419. The Morgan fingerprint density at radius 3 is 2.60 bits per heavy atom. The maximum Gasteiger partial charge on any atom is 0.250 e. The number of para-hydroxylation sites is 1. The molecule has 0 fully saturated rings. The highest BCUT2D eigenvalue weighted by Crippen LogP contribution is 2.31. The molecule has 2 heterocycles. The number of aryl methyl sites for hydroxylation is 1. The Labute approximate surface area is 149 Å². The molecule has 0 N–H and O–H groups in total. The number of methoxy groups -OCH3 is 1. The van der Waals surface area contributed by atoms with Crippen molar-refractivity contribution in [1.82, 2.24) is 15.2 Å². The van der Waals surface area contributed by atoms with Gasteiger partial charge >= 0.3 is 0 Å². The minimum atomic E-state index is 0.419. The maximum atomic E-state index is 6.03. The Kier molecular flexibility index (Phi) is 3.86. The lowest BCUT2D eigenvalue weighted by Gasteiger charge is -2.07. The highest BCUT2D eigenvalue weighted by Gasteiger charge is 2.15. The SMILES string of the molecule is COc1cccc2cc(-c3nnc(-c4cccc(Cl)c4)o3)c(C)nc12. The first kappa shape index (κ1) is 15.6. The van der Waals surface area contributed by atoms with Crippen LogP contribution < -0.4 is 4.74 Å². The smallest absolute Gasteiger partial charge is 0.250 e. The van der Waals surface area contributed by atoms with Crippen molar-refractivity contribution >= 4 is 22.5 Å². The number of nitrogens with zero attached hydrogens (tertiary/aromatic N) is 3. The van der Waals surface area contributed by atoms with E-state index < -0.39 is 0 Å². The molecule has 0 saturated heterocycles. The Morgan fingerprint density at radius 2 is 1.80 bits per heavy atom. The van der Waals surface area contributed by atoms with E-state index in [1.54, 1.807) is 19.2 Å². The molecular formula is C19H14ClN3O2. The van der Waals surface area contributed by atoms with E-state index in [0.717, 1.165) is 33.5 Å². The molecule has 2 aromatic heterocycles. The van der Waals surface area contributed by atoms with Crippen molar-refractivity contribution in [2.75, 3.05) is 7.11 Å². The molecule has 0 aliphatic carbocycles. The number of hydrogen-bond acceptors (Lipinski definition) is 5. The standard InChI is InChI=1S/C19H14ClN3O2/c1-11-15(10-12-5-4-8-16(24-2)17(12)21-11)19-23-22-18(25-19)13-6-3-7-14(20)9-13/h3-10H,1-2H3. The number of fused-ring (bicyclic) bond motifs is 1. The lowest BCUT2D eigenvalue weighted by atomic mass is 10.1. The number of benzene rings is 2. The minimum Gasteiger partial charge on any atom is -0.494 e. The molecule has 25 heavy (non-hydrogen) atoms. The molecule has 4 aromatic rings. The molecule has 2 aromatic carbocycles. The lowest BCUT2D eigenvalue weighted by Crippen LogP contribution is -1.93. The highest BCUT2D eigenvalue weighted by molar-refractivity contribution is 6.30. The number of hydrogen-bond donors (Lipinski definition) is 0. The fourth-order valence-electron chi connectivity index (χ4n) is 2.71. The average Bonchev–Trinajstić information content (AvgIpc) is 3.10. The zero-order valence-electron chi connectivity index (χ0n) is 13.7. The third-order valence-electron chi connectivity index (χ3n) is 3.95. The van der Waals surface area contributed by atoms with E-state index in [9.17, 15) is 0 Å². The van der Waals surface area contributed by atoms with Gasteiger partial charge in [0.1, 0.15) is 11.3 Å². The fourth-order valence-corrected chi connectivity index (χ4v) is 2.91. The molecule has 0 spiro atoms. The summed E-state index contributed by atoms with van der Waals surface area (Å²) in [5, 5.41) is 9.87. The third kappa shape index (κ3) is 2.83. The summed E-state index contributed by atoms with van der Waals surface area (Å²) in [5.74, 6) is 1.57. The lowest BCUT2D eigenvalue weighted by molar-refractivity contribution is 0.419. The molecule has 0 aliphatic rings. The second kappa shape index (κ2) is 6.18. The zero-order valence-corrected chi connectivity index (χ0v) is 14.4. The molecule has 0 aliphatic heterocycles. The summed E-state index contributed by atoms with van der Waals surface area (Å²) in [4.78, 5) is 4.64. The van der Waals surface area contributed by atoms with Crippen molar-refractivity contribution in [3.05, 3.63) is 59.2 Å². The molecule has 4 rings (SSSR count). The fraction of sp³-hybridized carbons (Fsp3) is 0.105. The predicted molar refractivity (Wildman–Crippen MR) is 96.8 cm³/mol. The van der Waals surface area contributed by atoms with Crippen molar-refractivity contribution in [2.45, 2.75) is 6.92 Å².